The molecule has 0 bridgehead atoms. The van der Waals surface area contributed by atoms with E-state index in [-0.39, 0.29) is 36.8 Å². The molecule has 0 radical (unpaired) electrons. The molecule has 0 spiro atoms. The first-order valence-electron chi connectivity index (χ1n) is 19.4. The number of hydrogen-bond donors (Lipinski definition) is 1. The number of rotatable bonds is 8. The van der Waals surface area contributed by atoms with E-state index in [0.717, 1.165) is 33.4 Å². The van der Waals surface area contributed by atoms with Crippen LogP contribution in [0.15, 0.2) is 91.0 Å². The predicted octanol–water partition coefficient (Wildman–Crippen LogP) is 5.53. The number of methoxy groups -OCH3 is 2. The van der Waals surface area contributed by atoms with Crippen molar-refractivity contribution in [3.8, 4) is 23.0 Å². The third-order valence-corrected chi connectivity index (χ3v) is 11.9. The zero-order valence-corrected chi connectivity index (χ0v) is 33.2. The highest BCUT2D eigenvalue weighted by Crippen LogP contribution is 2.42. The molecular formula is C46H43N5O8. The Morgan fingerprint density at radius 3 is 1.37 bits per heavy atom. The van der Waals surface area contributed by atoms with Crippen molar-refractivity contribution in [1.29, 1.82) is 0 Å². The van der Waals surface area contributed by atoms with Crippen LogP contribution in [0.5, 0.6) is 23.0 Å². The van der Waals surface area contributed by atoms with Crippen molar-refractivity contribution < 1.29 is 38.1 Å². The number of hydrogen-bond acceptors (Lipinski definition) is 9. The monoisotopic (exact) mass is 793 g/mol. The van der Waals surface area contributed by atoms with Crippen molar-refractivity contribution in [2.24, 2.45) is 0 Å². The van der Waals surface area contributed by atoms with Gasteiger partial charge in [0.2, 0.25) is 11.8 Å². The fraction of sp³-hybridized carbons (Fsp3) is 0.261. The molecule has 0 saturated heterocycles. The molecule has 0 aliphatic carbocycles. The fourth-order valence-electron chi connectivity index (χ4n) is 8.73. The molecule has 5 aromatic rings. The maximum atomic E-state index is 14.0. The maximum absolute atomic E-state index is 14.0. The Bertz CT molecular complexity index is 2400. The Labute approximate surface area is 341 Å². The van der Waals surface area contributed by atoms with Crippen LogP contribution in [-0.2, 0) is 48.7 Å². The van der Waals surface area contributed by atoms with E-state index in [1.54, 1.807) is 60.3 Å². The number of carbonyl (C=O) groups is 4. The molecule has 4 heterocycles. The third kappa shape index (κ3) is 6.52. The van der Waals surface area contributed by atoms with Crippen LogP contribution in [0.2, 0.25) is 0 Å². The largest absolute Gasteiger partial charge is 0.493 e. The Morgan fingerprint density at radius 2 is 0.966 bits per heavy atom. The molecule has 0 aromatic heterocycles. The molecule has 59 heavy (non-hydrogen) atoms. The summed E-state index contributed by atoms with van der Waals surface area (Å²) in [5, 5.41) is 0. The molecule has 4 amide bonds. The highest BCUT2D eigenvalue weighted by molar-refractivity contribution is 6.12. The minimum atomic E-state index is -0.629. The summed E-state index contributed by atoms with van der Waals surface area (Å²) >= 11 is 0. The Morgan fingerprint density at radius 1 is 0.559 bits per heavy atom. The second-order valence-corrected chi connectivity index (χ2v) is 15.3. The molecule has 0 fully saturated rings. The number of ether oxygens (including phenoxy) is 4. The van der Waals surface area contributed by atoms with Crippen LogP contribution in [0.3, 0.4) is 0 Å². The van der Waals surface area contributed by atoms with E-state index in [1.807, 2.05) is 54.6 Å². The van der Waals surface area contributed by atoms with Crippen molar-refractivity contribution in [2.45, 2.75) is 51.2 Å². The van der Waals surface area contributed by atoms with Crippen molar-refractivity contribution in [2.75, 3.05) is 43.8 Å². The molecule has 4 aliphatic rings. The zero-order valence-electron chi connectivity index (χ0n) is 33.2. The molecular weight excluding hydrogens is 751 g/mol. The van der Waals surface area contributed by atoms with Gasteiger partial charge in [-0.05, 0) is 63.7 Å². The number of fused-ring (bicyclic) bond motifs is 6. The van der Waals surface area contributed by atoms with Crippen molar-refractivity contribution in [3.05, 3.63) is 136 Å². The van der Waals surface area contributed by atoms with E-state index in [4.69, 9.17) is 24.7 Å². The molecule has 9 rings (SSSR count). The molecule has 2 N–H and O–H groups in total. The summed E-state index contributed by atoms with van der Waals surface area (Å²) in [5.41, 5.74) is 14.0. The van der Waals surface area contributed by atoms with Crippen LogP contribution in [0.4, 0.5) is 17.1 Å². The van der Waals surface area contributed by atoms with E-state index in [9.17, 15) is 19.2 Å². The highest BCUT2D eigenvalue weighted by Gasteiger charge is 2.43. The lowest BCUT2D eigenvalue weighted by molar-refractivity contribution is -0.123. The number of benzene rings is 5. The first kappa shape index (κ1) is 37.6. The van der Waals surface area contributed by atoms with Gasteiger partial charge in [0.05, 0.1) is 36.7 Å². The van der Waals surface area contributed by atoms with Gasteiger partial charge in [0.25, 0.3) is 11.8 Å². The van der Waals surface area contributed by atoms with E-state index >= 15 is 0 Å². The van der Waals surface area contributed by atoms with Crippen LogP contribution < -0.4 is 34.5 Å². The molecule has 0 saturated carbocycles. The Balaban J connectivity index is 0.938. The van der Waals surface area contributed by atoms with Crippen molar-refractivity contribution >= 4 is 40.7 Å². The number of nitrogen functional groups attached to an aromatic ring is 1. The molecule has 2 atom stereocenters. The predicted molar refractivity (Wildman–Crippen MR) is 220 cm³/mol. The van der Waals surface area contributed by atoms with Gasteiger partial charge in [-0.1, -0.05) is 48.5 Å². The zero-order chi connectivity index (χ0) is 41.1. The second kappa shape index (κ2) is 14.7. The quantitative estimate of drug-likeness (QED) is 0.201. The first-order valence-corrected chi connectivity index (χ1v) is 19.4. The van der Waals surface area contributed by atoms with Crippen LogP contribution in [-0.4, -0.2) is 73.8 Å². The summed E-state index contributed by atoms with van der Waals surface area (Å²) in [5.74, 6) is 0.538. The standard InChI is InChI=1S/C46H43N5O8/c1-48-35-20-41(39(56-3)18-33(35)43(52)50-22-30-11-7-5-9-28(30)16-37(50)45(48)54)58-24-26-13-27(15-32(47)14-26)25-59-42-21-36-34(19-40(42)57-4)44(53)51-23-31-12-8-6-10-29(31)17-38(51)46(55)49(36)2/h5-15,18-21,37-38H,16-17,22-25,47H2,1-4H3/t37-,38?/m0/s1. The third-order valence-electron chi connectivity index (χ3n) is 11.9. The molecule has 1 unspecified atom stereocenters. The lowest BCUT2D eigenvalue weighted by Gasteiger charge is -2.35. The van der Waals surface area contributed by atoms with E-state index in [2.05, 4.69) is 0 Å². The maximum Gasteiger partial charge on any atom is 0.257 e. The van der Waals surface area contributed by atoms with E-state index in [0.29, 0.717) is 77.1 Å². The molecule has 13 heteroatoms. The normalized spacial score (nSPS) is 18.1. The lowest BCUT2D eigenvalue weighted by atomic mass is 9.93. The number of nitrogens with zero attached hydrogens (tertiary/aromatic N) is 4. The van der Waals surface area contributed by atoms with Gasteiger partial charge in [-0.2, -0.15) is 0 Å². The first-order chi connectivity index (χ1) is 28.5. The van der Waals surface area contributed by atoms with Crippen molar-refractivity contribution in [3.63, 3.8) is 0 Å². The van der Waals surface area contributed by atoms with Gasteiger partial charge >= 0.3 is 0 Å². The number of carbonyl (C=O) groups excluding carboxylic acids is 4. The number of anilines is 3. The second-order valence-electron chi connectivity index (χ2n) is 15.3. The summed E-state index contributed by atoms with van der Waals surface area (Å²) in [4.78, 5) is 62.0. The van der Waals surface area contributed by atoms with Gasteiger partial charge < -0.3 is 44.3 Å². The van der Waals surface area contributed by atoms with Crippen LogP contribution >= 0.6 is 0 Å². The Kier molecular flexibility index (Phi) is 9.38. The molecule has 5 aromatic carbocycles. The lowest BCUT2D eigenvalue weighted by Crippen LogP contribution is -2.50. The topological polar surface area (TPSA) is 144 Å². The van der Waals surface area contributed by atoms with Crippen molar-refractivity contribution in [1.82, 2.24) is 9.80 Å². The number of likely N-dealkylation sites (N-methyl/N-ethyl adjacent to an activating group) is 2. The summed E-state index contributed by atoms with van der Waals surface area (Å²) in [6.45, 7) is 0.847. The van der Waals surface area contributed by atoms with Gasteiger partial charge in [-0.15, -0.1) is 0 Å². The van der Waals surface area contributed by atoms with Gasteiger partial charge in [0.1, 0.15) is 25.3 Å². The summed E-state index contributed by atoms with van der Waals surface area (Å²) < 4.78 is 24.0. The van der Waals surface area contributed by atoms with Gasteiger partial charge in [0.15, 0.2) is 23.0 Å². The van der Waals surface area contributed by atoms with Gasteiger partial charge in [-0.3, -0.25) is 19.2 Å². The minimum absolute atomic E-state index is 0.0849. The SMILES string of the molecule is COc1cc2c(cc1OCc1cc(N)cc(COc3cc4c(cc3OC)C(=O)N3Cc5ccccc5C[C@H]3C(=O)N4C)c1)N(C)C(=O)C1Cc3ccccc3CN1C2=O. The smallest absolute Gasteiger partial charge is 0.257 e. The number of amides is 4. The average Bonchev–Trinajstić information content (AvgIpc) is 3.37. The molecule has 300 valence electrons. The summed E-state index contributed by atoms with van der Waals surface area (Å²) in [7, 11) is 6.36. The summed E-state index contributed by atoms with van der Waals surface area (Å²) in [6, 6.07) is 26.6. The van der Waals surface area contributed by atoms with Crippen LogP contribution in [0.25, 0.3) is 0 Å². The molecule has 4 aliphatic heterocycles. The highest BCUT2D eigenvalue weighted by atomic mass is 16.5. The van der Waals surface area contributed by atoms with Crippen LogP contribution in [0.1, 0.15) is 54.1 Å². The fourth-order valence-corrected chi connectivity index (χ4v) is 8.73. The molecule has 13 nitrogen and oxygen atoms in total. The Hall–Kier alpha value is -7.02. The van der Waals surface area contributed by atoms with Crippen LogP contribution in [0, 0.1) is 0 Å². The van der Waals surface area contributed by atoms with Gasteiger partial charge in [0, 0.05) is 57.8 Å². The summed E-state index contributed by atoms with van der Waals surface area (Å²) in [6.07, 6.45) is 0.872. The van der Waals surface area contributed by atoms with E-state index < -0.39 is 12.1 Å². The van der Waals surface area contributed by atoms with E-state index in [1.165, 1.54) is 24.0 Å². The average molecular weight is 794 g/mol. The number of nitrogens with two attached hydrogens (primary N) is 1. The van der Waals surface area contributed by atoms with Gasteiger partial charge in [-0.25, -0.2) is 0 Å². The minimum Gasteiger partial charge on any atom is -0.493 e.